The summed E-state index contributed by atoms with van der Waals surface area (Å²) in [5, 5.41) is 21.2. The lowest BCUT2D eigenvalue weighted by atomic mass is 10.2. The van der Waals surface area contributed by atoms with Gasteiger partial charge in [0.25, 0.3) is 0 Å². The van der Waals surface area contributed by atoms with E-state index in [1.807, 2.05) is 0 Å². The number of tetrazole rings is 1. The Morgan fingerprint density at radius 1 is 1.42 bits per heavy atom. The van der Waals surface area contributed by atoms with Gasteiger partial charge in [-0.05, 0) is 23.4 Å². The molecule has 0 aliphatic heterocycles. The molecule has 0 fully saturated rings. The van der Waals surface area contributed by atoms with Crippen LogP contribution in [0.4, 0.5) is 4.39 Å². The SMILES string of the molecule is O=S(=O)(NCCO)c1ccc(-c2nn[nH]n2)c(F)c1. The van der Waals surface area contributed by atoms with E-state index < -0.39 is 15.8 Å². The van der Waals surface area contributed by atoms with Gasteiger partial charge in [-0.15, -0.1) is 10.2 Å². The average molecular weight is 287 g/mol. The van der Waals surface area contributed by atoms with Gasteiger partial charge in [-0.3, -0.25) is 0 Å². The number of hydrogen-bond acceptors (Lipinski definition) is 6. The predicted octanol–water partition coefficient (Wildman–Crippen LogP) is -0.724. The highest BCUT2D eigenvalue weighted by Gasteiger charge is 2.17. The smallest absolute Gasteiger partial charge is 0.240 e. The fourth-order valence-electron chi connectivity index (χ4n) is 1.38. The fraction of sp³-hybridized carbons (Fsp3) is 0.222. The first-order valence-electron chi connectivity index (χ1n) is 5.18. The first kappa shape index (κ1) is 13.5. The molecule has 2 rings (SSSR count). The highest BCUT2D eigenvalue weighted by molar-refractivity contribution is 7.89. The van der Waals surface area contributed by atoms with Crippen molar-refractivity contribution < 1.29 is 17.9 Å². The zero-order chi connectivity index (χ0) is 13.9. The lowest BCUT2D eigenvalue weighted by molar-refractivity contribution is 0.301. The molecule has 0 saturated heterocycles. The Balaban J connectivity index is 2.34. The molecule has 3 N–H and O–H groups in total. The van der Waals surface area contributed by atoms with Gasteiger partial charge >= 0.3 is 0 Å². The van der Waals surface area contributed by atoms with Crippen molar-refractivity contribution in [3.05, 3.63) is 24.0 Å². The lowest BCUT2D eigenvalue weighted by Crippen LogP contribution is -2.26. The largest absolute Gasteiger partial charge is 0.395 e. The van der Waals surface area contributed by atoms with Crippen LogP contribution in [-0.4, -0.2) is 47.3 Å². The molecule has 0 aliphatic carbocycles. The Hall–Kier alpha value is -1.91. The summed E-state index contributed by atoms with van der Waals surface area (Å²) in [7, 11) is -3.84. The minimum atomic E-state index is -3.84. The first-order chi connectivity index (χ1) is 9.04. The Morgan fingerprint density at radius 3 is 2.79 bits per heavy atom. The summed E-state index contributed by atoms with van der Waals surface area (Å²) in [6.45, 7) is -0.487. The number of nitrogens with one attached hydrogen (secondary N) is 2. The molecule has 0 spiro atoms. The third-order valence-electron chi connectivity index (χ3n) is 2.24. The topological polar surface area (TPSA) is 121 Å². The summed E-state index contributed by atoms with van der Waals surface area (Å²) in [5.74, 6) is -0.752. The molecule has 0 bridgehead atoms. The van der Waals surface area contributed by atoms with Gasteiger partial charge in [-0.25, -0.2) is 17.5 Å². The van der Waals surface area contributed by atoms with Gasteiger partial charge in [-0.2, -0.15) is 5.21 Å². The Labute approximate surface area is 107 Å². The molecule has 0 saturated carbocycles. The van der Waals surface area contributed by atoms with Crippen LogP contribution in [-0.2, 0) is 10.0 Å². The number of aliphatic hydroxyl groups is 1. The highest BCUT2D eigenvalue weighted by Crippen LogP contribution is 2.21. The van der Waals surface area contributed by atoms with E-state index in [1.54, 1.807) is 0 Å². The van der Waals surface area contributed by atoms with E-state index in [4.69, 9.17) is 5.11 Å². The van der Waals surface area contributed by atoms with Crippen molar-refractivity contribution in [2.24, 2.45) is 0 Å². The first-order valence-corrected chi connectivity index (χ1v) is 6.67. The van der Waals surface area contributed by atoms with E-state index in [0.717, 1.165) is 6.07 Å². The molecule has 2 aromatic rings. The second-order valence-electron chi connectivity index (χ2n) is 3.50. The van der Waals surface area contributed by atoms with Crippen LogP contribution >= 0.6 is 0 Å². The third-order valence-corrected chi connectivity index (χ3v) is 3.70. The third kappa shape index (κ3) is 2.92. The van der Waals surface area contributed by atoms with Crippen molar-refractivity contribution in [1.82, 2.24) is 25.3 Å². The molecule has 1 heterocycles. The molecule has 0 unspecified atom stereocenters. The molecule has 19 heavy (non-hydrogen) atoms. The van der Waals surface area contributed by atoms with Gasteiger partial charge in [0.1, 0.15) is 5.82 Å². The number of nitrogens with zero attached hydrogens (tertiary/aromatic N) is 3. The van der Waals surface area contributed by atoms with Crippen molar-refractivity contribution in [1.29, 1.82) is 0 Å². The van der Waals surface area contributed by atoms with E-state index in [9.17, 15) is 12.8 Å². The minimum Gasteiger partial charge on any atom is -0.395 e. The van der Waals surface area contributed by atoms with Crippen LogP contribution < -0.4 is 4.72 Å². The molecule has 10 heteroatoms. The van der Waals surface area contributed by atoms with Gasteiger partial charge in [0.15, 0.2) is 0 Å². The van der Waals surface area contributed by atoms with Crippen LogP contribution in [0.2, 0.25) is 0 Å². The van der Waals surface area contributed by atoms with E-state index in [1.165, 1.54) is 12.1 Å². The zero-order valence-electron chi connectivity index (χ0n) is 9.54. The number of benzene rings is 1. The monoisotopic (exact) mass is 287 g/mol. The van der Waals surface area contributed by atoms with Gasteiger partial charge in [-0.1, -0.05) is 0 Å². The number of rotatable bonds is 5. The number of hydrogen-bond donors (Lipinski definition) is 3. The molecule has 0 amide bonds. The number of halogens is 1. The van der Waals surface area contributed by atoms with Crippen molar-refractivity contribution in [2.45, 2.75) is 4.90 Å². The summed E-state index contributed by atoms with van der Waals surface area (Å²) in [6, 6.07) is 3.31. The maximum absolute atomic E-state index is 13.8. The zero-order valence-corrected chi connectivity index (χ0v) is 10.4. The second kappa shape index (κ2) is 5.38. The van der Waals surface area contributed by atoms with Crippen molar-refractivity contribution in [3.63, 3.8) is 0 Å². The number of aliphatic hydroxyl groups excluding tert-OH is 1. The van der Waals surface area contributed by atoms with Gasteiger partial charge < -0.3 is 5.11 Å². The molecule has 102 valence electrons. The van der Waals surface area contributed by atoms with Crippen LogP contribution in [0.3, 0.4) is 0 Å². The fourth-order valence-corrected chi connectivity index (χ4v) is 2.42. The van der Waals surface area contributed by atoms with Crippen LogP contribution in [0, 0.1) is 5.82 Å². The van der Waals surface area contributed by atoms with Gasteiger partial charge in [0, 0.05) is 6.54 Å². The van der Waals surface area contributed by atoms with E-state index in [2.05, 4.69) is 25.3 Å². The van der Waals surface area contributed by atoms with Crippen molar-refractivity contribution in [3.8, 4) is 11.4 Å². The van der Waals surface area contributed by atoms with Crippen molar-refractivity contribution in [2.75, 3.05) is 13.2 Å². The number of aromatic nitrogens is 4. The number of aromatic amines is 1. The molecule has 0 radical (unpaired) electrons. The van der Waals surface area contributed by atoms with Gasteiger partial charge in [0.05, 0.1) is 17.1 Å². The standard InChI is InChI=1S/C9H10FN5O3S/c10-8-5-6(19(17,18)11-3-4-16)1-2-7(8)9-12-14-15-13-9/h1-2,5,11,16H,3-4H2,(H,12,13,14,15). The summed E-state index contributed by atoms with van der Waals surface area (Å²) in [5.41, 5.74) is 0.0369. The molecule has 0 aliphatic rings. The molecular formula is C9H10FN5O3S. The summed E-state index contributed by atoms with van der Waals surface area (Å²) < 4.78 is 39.3. The molecule has 1 aromatic heterocycles. The quantitative estimate of drug-likeness (QED) is 0.667. The summed E-state index contributed by atoms with van der Waals surface area (Å²) >= 11 is 0. The van der Waals surface area contributed by atoms with Crippen molar-refractivity contribution >= 4 is 10.0 Å². The minimum absolute atomic E-state index is 0.0322. The highest BCUT2D eigenvalue weighted by atomic mass is 32.2. The lowest BCUT2D eigenvalue weighted by Gasteiger charge is -2.06. The van der Waals surface area contributed by atoms with Gasteiger partial charge in [0.2, 0.25) is 15.8 Å². The number of H-pyrrole nitrogens is 1. The Morgan fingerprint density at radius 2 is 2.21 bits per heavy atom. The second-order valence-corrected chi connectivity index (χ2v) is 5.27. The van der Waals surface area contributed by atoms with E-state index >= 15 is 0 Å². The molecule has 0 atom stereocenters. The molecular weight excluding hydrogens is 277 g/mol. The van der Waals surface area contributed by atoms with E-state index in [-0.39, 0.29) is 29.4 Å². The maximum atomic E-state index is 13.8. The Kier molecular flexibility index (Phi) is 3.83. The van der Waals surface area contributed by atoms with Crippen LogP contribution in [0.5, 0.6) is 0 Å². The predicted molar refractivity (Wildman–Crippen MR) is 61.8 cm³/mol. The van der Waals surface area contributed by atoms with Crippen LogP contribution in [0.1, 0.15) is 0 Å². The summed E-state index contributed by atoms with van der Waals surface area (Å²) in [6.07, 6.45) is 0. The molecule has 1 aromatic carbocycles. The van der Waals surface area contributed by atoms with Crippen LogP contribution in [0.15, 0.2) is 23.1 Å². The summed E-state index contributed by atoms with van der Waals surface area (Å²) in [4.78, 5) is -0.245. The normalized spacial score (nSPS) is 11.7. The van der Waals surface area contributed by atoms with E-state index in [0.29, 0.717) is 0 Å². The Bertz CT molecular complexity index is 658. The number of sulfonamides is 1. The van der Waals surface area contributed by atoms with Crippen LogP contribution in [0.25, 0.3) is 11.4 Å². The maximum Gasteiger partial charge on any atom is 0.240 e. The average Bonchev–Trinajstić information content (AvgIpc) is 2.90. The molecule has 8 nitrogen and oxygen atoms in total.